The largest absolute Gasteiger partial charge is 0.303 e. The number of rotatable bonds is 4. The van der Waals surface area contributed by atoms with Gasteiger partial charge in [-0.3, -0.25) is 0 Å². The number of halogens is 1. The Labute approximate surface area is 112 Å². The number of benzene rings is 1. The van der Waals surface area contributed by atoms with Crippen LogP contribution in [0.1, 0.15) is 41.9 Å². The van der Waals surface area contributed by atoms with Gasteiger partial charge in [0, 0.05) is 17.0 Å². The van der Waals surface area contributed by atoms with Crippen LogP contribution in [0.2, 0.25) is 0 Å². The fourth-order valence-electron chi connectivity index (χ4n) is 2.13. The molecule has 0 saturated carbocycles. The van der Waals surface area contributed by atoms with Gasteiger partial charge in [-0.2, -0.15) is 0 Å². The van der Waals surface area contributed by atoms with Crippen LogP contribution in [-0.4, -0.2) is 0 Å². The van der Waals surface area contributed by atoms with E-state index in [1.165, 1.54) is 22.6 Å². The van der Waals surface area contributed by atoms with E-state index in [1.54, 1.807) is 11.3 Å². The Morgan fingerprint density at radius 3 is 2.28 bits per heavy atom. The maximum Gasteiger partial charge on any atom is 0.123 e. The average molecular weight is 263 g/mol. The molecule has 2 rings (SSSR count). The molecule has 1 unspecified atom stereocenters. The van der Waals surface area contributed by atoms with Gasteiger partial charge >= 0.3 is 0 Å². The van der Waals surface area contributed by atoms with Crippen molar-refractivity contribution >= 4 is 11.3 Å². The molecule has 2 atom stereocenters. The van der Waals surface area contributed by atoms with Gasteiger partial charge in [0.1, 0.15) is 5.82 Å². The molecule has 0 aliphatic carbocycles. The van der Waals surface area contributed by atoms with Gasteiger partial charge in [0.2, 0.25) is 0 Å². The predicted molar refractivity (Wildman–Crippen MR) is 75.4 cm³/mol. The molecular weight excluding hydrogens is 245 g/mol. The number of nitrogens with one attached hydrogen (secondary N) is 1. The molecule has 0 aliphatic heterocycles. The zero-order valence-electron chi connectivity index (χ0n) is 10.9. The molecule has 0 radical (unpaired) electrons. The zero-order chi connectivity index (χ0) is 13.1. The van der Waals surface area contributed by atoms with E-state index in [0.717, 1.165) is 5.56 Å². The van der Waals surface area contributed by atoms with Crippen molar-refractivity contribution < 1.29 is 4.39 Å². The van der Waals surface area contributed by atoms with E-state index >= 15 is 0 Å². The quantitative estimate of drug-likeness (QED) is 0.849. The topological polar surface area (TPSA) is 12.0 Å². The lowest BCUT2D eigenvalue weighted by Gasteiger charge is -2.20. The first kappa shape index (κ1) is 13.2. The maximum absolute atomic E-state index is 12.9. The van der Waals surface area contributed by atoms with Crippen LogP contribution in [0, 0.1) is 12.7 Å². The lowest BCUT2D eigenvalue weighted by atomic mass is 10.1. The normalized spacial score (nSPS) is 14.4. The molecule has 0 saturated heterocycles. The Bertz CT molecular complexity index is 503. The second kappa shape index (κ2) is 5.63. The molecule has 3 heteroatoms. The fraction of sp³-hybridized carbons (Fsp3) is 0.333. The van der Waals surface area contributed by atoms with Crippen LogP contribution in [0.25, 0.3) is 0 Å². The lowest BCUT2D eigenvalue weighted by Crippen LogP contribution is -2.22. The molecule has 1 aromatic heterocycles. The van der Waals surface area contributed by atoms with Gasteiger partial charge in [0.05, 0.1) is 0 Å². The van der Waals surface area contributed by atoms with Crippen LogP contribution < -0.4 is 5.32 Å². The molecule has 96 valence electrons. The third kappa shape index (κ3) is 2.98. The summed E-state index contributed by atoms with van der Waals surface area (Å²) < 4.78 is 12.9. The van der Waals surface area contributed by atoms with Crippen molar-refractivity contribution in [3.05, 3.63) is 57.5 Å². The minimum Gasteiger partial charge on any atom is -0.303 e. The molecule has 2 aromatic rings. The Morgan fingerprint density at radius 2 is 1.72 bits per heavy atom. The van der Waals surface area contributed by atoms with E-state index in [-0.39, 0.29) is 11.9 Å². The van der Waals surface area contributed by atoms with Crippen molar-refractivity contribution in [3.63, 3.8) is 0 Å². The Balaban J connectivity index is 2.05. The molecular formula is C15H18FNS. The summed E-state index contributed by atoms with van der Waals surface area (Å²) in [4.78, 5) is 1.36. The van der Waals surface area contributed by atoms with Gasteiger partial charge in [-0.05, 0) is 55.5 Å². The molecule has 0 fully saturated rings. The average Bonchev–Trinajstić information content (AvgIpc) is 2.76. The van der Waals surface area contributed by atoms with Crippen LogP contribution in [-0.2, 0) is 0 Å². The third-order valence-electron chi connectivity index (χ3n) is 3.16. The zero-order valence-corrected chi connectivity index (χ0v) is 11.7. The van der Waals surface area contributed by atoms with Crippen LogP contribution in [0.15, 0.2) is 35.7 Å². The van der Waals surface area contributed by atoms with Crippen LogP contribution in [0.3, 0.4) is 0 Å². The van der Waals surface area contributed by atoms with Gasteiger partial charge in [0.15, 0.2) is 0 Å². The predicted octanol–water partition coefficient (Wildman–Crippen LogP) is 4.61. The van der Waals surface area contributed by atoms with Gasteiger partial charge in [0.25, 0.3) is 0 Å². The number of hydrogen-bond donors (Lipinski definition) is 1. The number of thiophene rings is 1. The van der Waals surface area contributed by atoms with Crippen molar-refractivity contribution in [2.24, 2.45) is 0 Å². The summed E-state index contributed by atoms with van der Waals surface area (Å²) in [6.45, 7) is 6.40. The maximum atomic E-state index is 12.9. The highest BCUT2D eigenvalue weighted by Crippen LogP contribution is 2.26. The minimum absolute atomic E-state index is 0.187. The number of hydrogen-bond acceptors (Lipinski definition) is 2. The SMILES string of the molecule is Cc1ccsc1C(C)N[C@H](C)c1ccc(F)cc1. The lowest BCUT2D eigenvalue weighted by molar-refractivity contribution is 0.498. The van der Waals surface area contributed by atoms with Crippen molar-refractivity contribution in [1.29, 1.82) is 0 Å². The molecule has 18 heavy (non-hydrogen) atoms. The monoisotopic (exact) mass is 263 g/mol. The highest BCUT2D eigenvalue weighted by molar-refractivity contribution is 7.10. The first-order valence-corrected chi connectivity index (χ1v) is 7.01. The van der Waals surface area contributed by atoms with E-state index < -0.39 is 0 Å². The highest BCUT2D eigenvalue weighted by atomic mass is 32.1. The first-order valence-electron chi connectivity index (χ1n) is 6.13. The molecule has 0 bridgehead atoms. The van der Waals surface area contributed by atoms with Gasteiger partial charge < -0.3 is 5.32 Å². The Kier molecular flexibility index (Phi) is 4.15. The smallest absolute Gasteiger partial charge is 0.123 e. The van der Waals surface area contributed by atoms with Gasteiger partial charge in [-0.1, -0.05) is 12.1 Å². The third-order valence-corrected chi connectivity index (χ3v) is 4.37. The summed E-state index contributed by atoms with van der Waals surface area (Å²) in [5.41, 5.74) is 2.43. The molecule has 1 heterocycles. The summed E-state index contributed by atoms with van der Waals surface area (Å²) in [6.07, 6.45) is 0. The number of aryl methyl sites for hydroxylation is 1. The van der Waals surface area contributed by atoms with Gasteiger partial charge in [-0.15, -0.1) is 11.3 Å². The second-order valence-electron chi connectivity index (χ2n) is 4.63. The van der Waals surface area contributed by atoms with Crippen molar-refractivity contribution in [1.82, 2.24) is 5.32 Å². The van der Waals surface area contributed by atoms with Crippen molar-refractivity contribution in [2.75, 3.05) is 0 Å². The summed E-state index contributed by atoms with van der Waals surface area (Å²) in [7, 11) is 0. The van der Waals surface area contributed by atoms with Crippen LogP contribution in [0.4, 0.5) is 4.39 Å². The first-order chi connectivity index (χ1) is 8.58. The van der Waals surface area contributed by atoms with Crippen LogP contribution in [0.5, 0.6) is 0 Å². The summed E-state index contributed by atoms with van der Waals surface area (Å²) in [5, 5.41) is 5.66. The van der Waals surface area contributed by atoms with E-state index in [0.29, 0.717) is 6.04 Å². The molecule has 1 N–H and O–H groups in total. The summed E-state index contributed by atoms with van der Waals surface area (Å²) >= 11 is 1.77. The second-order valence-corrected chi connectivity index (χ2v) is 5.58. The van der Waals surface area contributed by atoms with Crippen molar-refractivity contribution in [2.45, 2.75) is 32.9 Å². The molecule has 0 aliphatic rings. The summed E-state index contributed by atoms with van der Waals surface area (Å²) in [6, 6.07) is 9.35. The van der Waals surface area contributed by atoms with E-state index in [4.69, 9.17) is 0 Å². The molecule has 0 amide bonds. The highest BCUT2D eigenvalue weighted by Gasteiger charge is 2.13. The molecule has 1 nitrogen and oxygen atoms in total. The van der Waals surface area contributed by atoms with Gasteiger partial charge in [-0.25, -0.2) is 4.39 Å². The fourth-order valence-corrected chi connectivity index (χ4v) is 3.07. The Morgan fingerprint density at radius 1 is 1.06 bits per heavy atom. The minimum atomic E-state index is -0.187. The standard InChI is InChI=1S/C15H18FNS/c1-10-8-9-18-15(10)12(3)17-11(2)13-4-6-14(16)7-5-13/h4-9,11-12,17H,1-3H3/t11-,12?/m1/s1. The summed E-state index contributed by atoms with van der Waals surface area (Å²) in [5.74, 6) is -0.187. The van der Waals surface area contributed by atoms with Crippen LogP contribution >= 0.6 is 11.3 Å². The Hall–Kier alpha value is -1.19. The molecule has 0 spiro atoms. The van der Waals surface area contributed by atoms with E-state index in [1.807, 2.05) is 12.1 Å². The molecule has 1 aromatic carbocycles. The van der Waals surface area contributed by atoms with E-state index in [9.17, 15) is 4.39 Å². The van der Waals surface area contributed by atoms with Crippen molar-refractivity contribution in [3.8, 4) is 0 Å². The van der Waals surface area contributed by atoms with E-state index in [2.05, 4.69) is 37.5 Å².